The van der Waals surface area contributed by atoms with E-state index in [9.17, 15) is 0 Å². The number of nitrogens with zero attached hydrogens (tertiary/aromatic N) is 2. The Balaban J connectivity index is 1.79. The van der Waals surface area contributed by atoms with Gasteiger partial charge in [0.1, 0.15) is 0 Å². The van der Waals surface area contributed by atoms with E-state index in [4.69, 9.17) is 0 Å². The van der Waals surface area contributed by atoms with Crippen molar-refractivity contribution in [2.45, 2.75) is 37.3 Å². The lowest BCUT2D eigenvalue weighted by Crippen LogP contribution is -2.69. The minimum atomic E-state index is 0.546. The summed E-state index contributed by atoms with van der Waals surface area (Å²) >= 11 is 0. The molecule has 1 N–H and O–H groups in total. The van der Waals surface area contributed by atoms with Crippen molar-refractivity contribution in [1.29, 1.82) is 0 Å². The van der Waals surface area contributed by atoms with Gasteiger partial charge in [0.15, 0.2) is 0 Å². The average molecular weight is 209 g/mol. The second kappa shape index (κ2) is 3.72. The zero-order chi connectivity index (χ0) is 10.3. The highest BCUT2D eigenvalue weighted by atomic mass is 15.4. The normalized spacial score (nSPS) is 37.0. The number of nitrogens with one attached hydrogen (secondary N) is 1. The smallest absolute Gasteiger partial charge is 0.0354 e. The van der Waals surface area contributed by atoms with Crippen LogP contribution in [0.25, 0.3) is 0 Å². The number of piperazine rings is 2. The minimum Gasteiger partial charge on any atom is -0.313 e. The molecule has 15 heavy (non-hydrogen) atoms. The van der Waals surface area contributed by atoms with Crippen molar-refractivity contribution in [2.75, 3.05) is 39.8 Å². The zero-order valence-corrected chi connectivity index (χ0v) is 9.84. The van der Waals surface area contributed by atoms with Crippen LogP contribution in [0.15, 0.2) is 0 Å². The highest BCUT2D eigenvalue weighted by molar-refractivity contribution is 5.04. The highest BCUT2D eigenvalue weighted by Crippen LogP contribution is 2.38. The van der Waals surface area contributed by atoms with Crippen LogP contribution >= 0.6 is 0 Å². The molecule has 2 heterocycles. The Morgan fingerprint density at radius 1 is 1.20 bits per heavy atom. The van der Waals surface area contributed by atoms with Crippen LogP contribution < -0.4 is 5.32 Å². The molecular formula is C12H23N3. The van der Waals surface area contributed by atoms with Crippen molar-refractivity contribution < 1.29 is 0 Å². The summed E-state index contributed by atoms with van der Waals surface area (Å²) < 4.78 is 0. The fraction of sp³-hybridized carbons (Fsp3) is 1.00. The van der Waals surface area contributed by atoms with Gasteiger partial charge in [-0.05, 0) is 19.9 Å². The van der Waals surface area contributed by atoms with E-state index in [0.717, 1.165) is 6.04 Å². The van der Waals surface area contributed by atoms with Crippen LogP contribution in [0.1, 0.15) is 25.7 Å². The van der Waals surface area contributed by atoms with Gasteiger partial charge in [0.25, 0.3) is 0 Å². The second-order valence-electron chi connectivity index (χ2n) is 5.67. The monoisotopic (exact) mass is 209 g/mol. The molecule has 0 aromatic carbocycles. The Kier molecular flexibility index (Phi) is 2.49. The molecule has 3 rings (SSSR count). The standard InChI is InChI=1S/C12H23N3/c1-14-6-7-15-11(9-14)8-13-10-12(15)4-2-3-5-12/h11,13H,2-10H2,1H3. The third-order valence-electron chi connectivity index (χ3n) is 4.66. The molecule has 1 aliphatic carbocycles. The fourth-order valence-electron chi connectivity index (χ4n) is 3.88. The molecule has 0 radical (unpaired) electrons. The Morgan fingerprint density at radius 3 is 2.80 bits per heavy atom. The van der Waals surface area contributed by atoms with Gasteiger partial charge < -0.3 is 10.2 Å². The number of hydrogen-bond donors (Lipinski definition) is 1. The van der Waals surface area contributed by atoms with Crippen molar-refractivity contribution in [2.24, 2.45) is 0 Å². The first-order valence-corrected chi connectivity index (χ1v) is 6.46. The SMILES string of the molecule is CN1CCN2C(CNCC23CCCC3)C1. The molecule has 3 nitrogen and oxygen atoms in total. The molecule has 0 aromatic heterocycles. The number of fused-ring (bicyclic) bond motifs is 2. The van der Waals surface area contributed by atoms with Crippen LogP contribution in [0.5, 0.6) is 0 Å². The Bertz CT molecular complexity index is 235. The maximum absolute atomic E-state index is 3.67. The largest absolute Gasteiger partial charge is 0.313 e. The number of likely N-dealkylation sites (N-methyl/N-ethyl adjacent to an activating group) is 1. The van der Waals surface area contributed by atoms with Crippen molar-refractivity contribution in [3.05, 3.63) is 0 Å². The quantitative estimate of drug-likeness (QED) is 0.627. The number of hydrogen-bond acceptors (Lipinski definition) is 3. The molecule has 0 aromatic rings. The van der Waals surface area contributed by atoms with Gasteiger partial charge in [-0.15, -0.1) is 0 Å². The summed E-state index contributed by atoms with van der Waals surface area (Å²) in [5.41, 5.74) is 0.546. The lowest BCUT2D eigenvalue weighted by molar-refractivity contribution is -0.0280. The van der Waals surface area contributed by atoms with Crippen LogP contribution in [0.2, 0.25) is 0 Å². The molecule has 1 atom stereocenters. The fourth-order valence-corrected chi connectivity index (χ4v) is 3.88. The van der Waals surface area contributed by atoms with Crippen LogP contribution in [0.3, 0.4) is 0 Å². The van der Waals surface area contributed by atoms with Gasteiger partial charge in [-0.1, -0.05) is 12.8 Å². The summed E-state index contributed by atoms with van der Waals surface area (Å²) in [5, 5.41) is 3.67. The van der Waals surface area contributed by atoms with Gasteiger partial charge in [0, 0.05) is 44.3 Å². The van der Waals surface area contributed by atoms with E-state index in [1.807, 2.05) is 0 Å². The van der Waals surface area contributed by atoms with Gasteiger partial charge in [-0.3, -0.25) is 4.90 Å². The Hall–Kier alpha value is -0.120. The van der Waals surface area contributed by atoms with Crippen molar-refractivity contribution in [1.82, 2.24) is 15.1 Å². The Morgan fingerprint density at radius 2 is 2.00 bits per heavy atom. The molecule has 3 heteroatoms. The van der Waals surface area contributed by atoms with E-state index in [2.05, 4.69) is 22.2 Å². The summed E-state index contributed by atoms with van der Waals surface area (Å²) in [4.78, 5) is 5.33. The van der Waals surface area contributed by atoms with Crippen molar-refractivity contribution in [3.63, 3.8) is 0 Å². The molecular weight excluding hydrogens is 186 g/mol. The molecule has 1 saturated carbocycles. The van der Waals surface area contributed by atoms with Crippen LogP contribution in [0, 0.1) is 0 Å². The van der Waals surface area contributed by atoms with E-state index >= 15 is 0 Å². The molecule has 1 spiro atoms. The topological polar surface area (TPSA) is 18.5 Å². The highest BCUT2D eigenvalue weighted by Gasteiger charge is 2.46. The lowest BCUT2D eigenvalue weighted by Gasteiger charge is -2.54. The van der Waals surface area contributed by atoms with E-state index in [-0.39, 0.29) is 0 Å². The molecule has 0 bridgehead atoms. The maximum Gasteiger partial charge on any atom is 0.0354 e. The van der Waals surface area contributed by atoms with Crippen LogP contribution in [-0.4, -0.2) is 61.2 Å². The first-order valence-electron chi connectivity index (χ1n) is 6.46. The molecule has 0 amide bonds. The van der Waals surface area contributed by atoms with E-state index < -0.39 is 0 Å². The van der Waals surface area contributed by atoms with Gasteiger partial charge in [0.2, 0.25) is 0 Å². The Labute approximate surface area is 92.8 Å². The van der Waals surface area contributed by atoms with Crippen molar-refractivity contribution >= 4 is 0 Å². The second-order valence-corrected chi connectivity index (χ2v) is 5.67. The first kappa shape index (κ1) is 10.1. The first-order chi connectivity index (χ1) is 7.30. The summed E-state index contributed by atoms with van der Waals surface area (Å²) in [6, 6.07) is 0.774. The summed E-state index contributed by atoms with van der Waals surface area (Å²) in [7, 11) is 2.26. The summed E-state index contributed by atoms with van der Waals surface area (Å²) in [6.45, 7) is 6.26. The molecule has 2 saturated heterocycles. The average Bonchev–Trinajstić information content (AvgIpc) is 2.67. The predicted octanol–water partition coefficient (Wildman–Crippen LogP) is 0.518. The third-order valence-corrected chi connectivity index (χ3v) is 4.66. The van der Waals surface area contributed by atoms with Crippen molar-refractivity contribution in [3.8, 4) is 0 Å². The summed E-state index contributed by atoms with van der Waals surface area (Å²) in [6.07, 6.45) is 5.75. The van der Waals surface area contributed by atoms with E-state index in [0.29, 0.717) is 5.54 Å². The van der Waals surface area contributed by atoms with E-state index in [1.165, 1.54) is 58.4 Å². The predicted molar refractivity (Wildman–Crippen MR) is 62.1 cm³/mol. The molecule has 1 unspecified atom stereocenters. The van der Waals surface area contributed by atoms with Gasteiger partial charge in [-0.25, -0.2) is 0 Å². The summed E-state index contributed by atoms with van der Waals surface area (Å²) in [5.74, 6) is 0. The lowest BCUT2D eigenvalue weighted by atomic mass is 9.89. The van der Waals surface area contributed by atoms with Gasteiger partial charge >= 0.3 is 0 Å². The molecule has 3 fully saturated rings. The third kappa shape index (κ3) is 1.61. The molecule has 86 valence electrons. The number of rotatable bonds is 0. The van der Waals surface area contributed by atoms with Gasteiger partial charge in [-0.2, -0.15) is 0 Å². The van der Waals surface area contributed by atoms with Crippen LogP contribution in [-0.2, 0) is 0 Å². The van der Waals surface area contributed by atoms with E-state index in [1.54, 1.807) is 0 Å². The minimum absolute atomic E-state index is 0.546. The van der Waals surface area contributed by atoms with Crippen LogP contribution in [0.4, 0.5) is 0 Å². The van der Waals surface area contributed by atoms with Gasteiger partial charge in [0.05, 0.1) is 0 Å². The zero-order valence-electron chi connectivity index (χ0n) is 9.84. The molecule has 2 aliphatic heterocycles. The molecule has 3 aliphatic rings. The maximum atomic E-state index is 3.67.